The second-order valence-electron chi connectivity index (χ2n) is 8.22. The maximum Gasteiger partial charge on any atom is 0.323 e. The van der Waals surface area contributed by atoms with Gasteiger partial charge >= 0.3 is 5.97 Å². The lowest BCUT2D eigenvalue weighted by molar-refractivity contribution is -0.144. The summed E-state index contributed by atoms with van der Waals surface area (Å²) in [7, 11) is 0. The lowest BCUT2D eigenvalue weighted by Gasteiger charge is -2.23. The van der Waals surface area contributed by atoms with Crippen molar-refractivity contribution in [2.45, 2.75) is 51.0 Å². The smallest absolute Gasteiger partial charge is 0.323 e. The van der Waals surface area contributed by atoms with Gasteiger partial charge < -0.3 is 20.6 Å². The molecular weight excluding hydrogens is 406 g/mol. The van der Waals surface area contributed by atoms with E-state index in [0.29, 0.717) is 23.8 Å². The average molecular weight is 440 g/mol. The van der Waals surface area contributed by atoms with Crippen molar-refractivity contribution in [1.82, 2.24) is 10.8 Å². The maximum atomic E-state index is 12.7. The van der Waals surface area contributed by atoms with Gasteiger partial charge in [0, 0.05) is 17.7 Å². The van der Waals surface area contributed by atoms with Crippen molar-refractivity contribution in [1.29, 1.82) is 0 Å². The van der Waals surface area contributed by atoms with Crippen LogP contribution in [0.3, 0.4) is 0 Å². The van der Waals surface area contributed by atoms with Gasteiger partial charge in [0.15, 0.2) is 0 Å². The minimum Gasteiger partial charge on any atom is -0.480 e. The Hall–Kier alpha value is -2.74. The molecule has 3 rings (SSSR count). The molecule has 1 aliphatic heterocycles. The Kier molecular flexibility index (Phi) is 9.22. The molecule has 0 radical (unpaired) electrons. The van der Waals surface area contributed by atoms with Crippen LogP contribution < -0.4 is 16.1 Å². The molecule has 1 aliphatic rings. The number of piperidine rings is 1. The summed E-state index contributed by atoms with van der Waals surface area (Å²) in [6, 6.07) is 14.3. The van der Waals surface area contributed by atoms with E-state index >= 15 is 0 Å². The van der Waals surface area contributed by atoms with Crippen molar-refractivity contribution in [3.05, 3.63) is 65.2 Å². The first-order chi connectivity index (χ1) is 15.6. The molecule has 1 heterocycles. The standard InChI is InChI=1S/C25H33N3O4/c1-2-3-15-32-28-23(25(30)31)16-18-7-9-22(10-8-18)27-24(29)21-6-4-5-20(17-21)19-11-13-26-14-12-19/h4-10,17,19,23,26,28H,2-3,11-16H2,1H3,(H,27,29)(H,30,31). The minimum absolute atomic E-state index is 0.150. The monoisotopic (exact) mass is 439 g/mol. The number of hydrogen-bond acceptors (Lipinski definition) is 5. The van der Waals surface area contributed by atoms with Crippen LogP contribution in [-0.4, -0.2) is 42.7 Å². The summed E-state index contributed by atoms with van der Waals surface area (Å²) in [4.78, 5) is 29.5. The van der Waals surface area contributed by atoms with Crippen LogP contribution in [0, 0.1) is 0 Å². The first-order valence-corrected chi connectivity index (χ1v) is 11.4. The number of benzene rings is 2. The minimum atomic E-state index is -0.965. The molecule has 2 aromatic carbocycles. The van der Waals surface area contributed by atoms with Crippen LogP contribution in [0.1, 0.15) is 60.0 Å². The van der Waals surface area contributed by atoms with Gasteiger partial charge in [-0.25, -0.2) is 0 Å². The molecule has 4 N–H and O–H groups in total. The van der Waals surface area contributed by atoms with Crippen LogP contribution >= 0.6 is 0 Å². The third kappa shape index (κ3) is 7.15. The molecule has 1 fully saturated rings. The van der Waals surface area contributed by atoms with Crippen molar-refractivity contribution in [3.63, 3.8) is 0 Å². The summed E-state index contributed by atoms with van der Waals surface area (Å²) in [5, 5.41) is 15.7. The second kappa shape index (κ2) is 12.3. The number of nitrogens with one attached hydrogen (secondary N) is 3. The lowest BCUT2D eigenvalue weighted by Crippen LogP contribution is -2.38. The Morgan fingerprint density at radius 1 is 1.16 bits per heavy atom. The van der Waals surface area contributed by atoms with Crippen LogP contribution in [0.2, 0.25) is 0 Å². The first kappa shape index (κ1) is 23.9. The molecule has 0 spiro atoms. The Labute approximate surface area is 189 Å². The molecule has 1 atom stereocenters. The van der Waals surface area contributed by atoms with Crippen LogP contribution in [0.5, 0.6) is 0 Å². The highest BCUT2D eigenvalue weighted by atomic mass is 16.6. The molecule has 1 amide bonds. The predicted octanol–water partition coefficient (Wildman–Crippen LogP) is 3.72. The van der Waals surface area contributed by atoms with Crippen molar-refractivity contribution in [2.75, 3.05) is 25.0 Å². The number of carboxylic acid groups (broad SMARTS) is 1. The van der Waals surface area contributed by atoms with Crippen molar-refractivity contribution < 1.29 is 19.5 Å². The SMILES string of the molecule is CCCCONC(Cc1ccc(NC(=O)c2cccc(C3CCNCC3)c2)cc1)C(=O)O. The number of hydrogen-bond donors (Lipinski definition) is 4. The van der Waals surface area contributed by atoms with Gasteiger partial charge in [-0.05, 0) is 73.7 Å². The third-order valence-corrected chi connectivity index (χ3v) is 5.73. The molecule has 2 aromatic rings. The predicted molar refractivity (Wildman–Crippen MR) is 125 cm³/mol. The molecule has 172 valence electrons. The number of hydroxylamine groups is 1. The first-order valence-electron chi connectivity index (χ1n) is 11.4. The Balaban J connectivity index is 1.56. The Morgan fingerprint density at radius 2 is 1.91 bits per heavy atom. The van der Waals surface area contributed by atoms with Gasteiger partial charge in [-0.3, -0.25) is 9.59 Å². The molecule has 7 heteroatoms. The van der Waals surface area contributed by atoms with E-state index in [1.54, 1.807) is 12.1 Å². The Morgan fingerprint density at radius 3 is 2.59 bits per heavy atom. The molecule has 1 saturated heterocycles. The van der Waals surface area contributed by atoms with Crippen LogP contribution in [0.25, 0.3) is 0 Å². The average Bonchev–Trinajstić information content (AvgIpc) is 2.82. The number of anilines is 1. The van der Waals surface area contributed by atoms with E-state index in [-0.39, 0.29) is 12.3 Å². The summed E-state index contributed by atoms with van der Waals surface area (Å²) in [6.07, 6.45) is 4.31. The number of amides is 1. The highest BCUT2D eigenvalue weighted by Gasteiger charge is 2.19. The van der Waals surface area contributed by atoms with Gasteiger partial charge in [0.25, 0.3) is 5.91 Å². The van der Waals surface area contributed by atoms with Crippen molar-refractivity contribution in [2.24, 2.45) is 0 Å². The van der Waals surface area contributed by atoms with Crippen molar-refractivity contribution >= 4 is 17.6 Å². The number of carbonyl (C=O) groups excluding carboxylic acids is 1. The number of rotatable bonds is 11. The van der Waals surface area contributed by atoms with E-state index in [1.807, 2.05) is 37.3 Å². The zero-order valence-electron chi connectivity index (χ0n) is 18.6. The summed E-state index contributed by atoms with van der Waals surface area (Å²) in [6.45, 7) is 4.54. The van der Waals surface area contributed by atoms with E-state index in [9.17, 15) is 14.7 Å². The maximum absolute atomic E-state index is 12.7. The number of unbranched alkanes of at least 4 members (excludes halogenated alkanes) is 1. The second-order valence-corrected chi connectivity index (χ2v) is 8.22. The quantitative estimate of drug-likeness (QED) is 0.315. The zero-order valence-corrected chi connectivity index (χ0v) is 18.6. The molecule has 0 aliphatic carbocycles. The molecule has 32 heavy (non-hydrogen) atoms. The number of carboxylic acids is 1. The molecule has 0 aromatic heterocycles. The topological polar surface area (TPSA) is 99.7 Å². The highest BCUT2D eigenvalue weighted by molar-refractivity contribution is 6.04. The number of carbonyl (C=O) groups is 2. The van der Waals surface area contributed by atoms with Gasteiger partial charge in [-0.1, -0.05) is 37.6 Å². The van der Waals surface area contributed by atoms with E-state index in [4.69, 9.17) is 4.84 Å². The van der Waals surface area contributed by atoms with E-state index in [1.165, 1.54) is 5.56 Å². The fourth-order valence-corrected chi connectivity index (χ4v) is 3.81. The van der Waals surface area contributed by atoms with Gasteiger partial charge in [0.1, 0.15) is 6.04 Å². The van der Waals surface area contributed by atoms with Gasteiger partial charge in [-0.15, -0.1) is 0 Å². The van der Waals surface area contributed by atoms with Crippen LogP contribution in [0.4, 0.5) is 5.69 Å². The fraction of sp³-hybridized carbons (Fsp3) is 0.440. The normalized spacial score (nSPS) is 15.3. The lowest BCUT2D eigenvalue weighted by atomic mass is 9.89. The molecular formula is C25H33N3O4. The largest absolute Gasteiger partial charge is 0.480 e. The van der Waals surface area contributed by atoms with E-state index in [0.717, 1.165) is 44.3 Å². The summed E-state index contributed by atoms with van der Waals surface area (Å²) in [5.41, 5.74) is 6.00. The van der Waals surface area contributed by atoms with Gasteiger partial charge in [0.05, 0.1) is 6.61 Å². The van der Waals surface area contributed by atoms with E-state index in [2.05, 4.69) is 22.2 Å². The highest BCUT2D eigenvalue weighted by Crippen LogP contribution is 2.26. The van der Waals surface area contributed by atoms with Gasteiger partial charge in [0.2, 0.25) is 0 Å². The Bertz CT molecular complexity index is 879. The third-order valence-electron chi connectivity index (χ3n) is 5.73. The number of aliphatic carboxylic acids is 1. The molecule has 0 bridgehead atoms. The van der Waals surface area contributed by atoms with Crippen LogP contribution in [-0.2, 0) is 16.1 Å². The molecule has 7 nitrogen and oxygen atoms in total. The molecule has 1 unspecified atom stereocenters. The summed E-state index contributed by atoms with van der Waals surface area (Å²) < 4.78 is 0. The van der Waals surface area contributed by atoms with E-state index < -0.39 is 12.0 Å². The summed E-state index contributed by atoms with van der Waals surface area (Å²) in [5.74, 6) is -0.625. The fourth-order valence-electron chi connectivity index (χ4n) is 3.81. The van der Waals surface area contributed by atoms with Gasteiger partial charge in [-0.2, -0.15) is 5.48 Å². The summed E-state index contributed by atoms with van der Waals surface area (Å²) >= 11 is 0. The van der Waals surface area contributed by atoms with Crippen molar-refractivity contribution in [3.8, 4) is 0 Å². The van der Waals surface area contributed by atoms with Crippen LogP contribution in [0.15, 0.2) is 48.5 Å². The zero-order chi connectivity index (χ0) is 22.8. The molecule has 0 saturated carbocycles.